The first-order valence-corrected chi connectivity index (χ1v) is 10.4. The summed E-state index contributed by atoms with van der Waals surface area (Å²) in [6.45, 7) is 6.73. The zero-order valence-electron chi connectivity index (χ0n) is 13.1. The van der Waals surface area contributed by atoms with Crippen molar-refractivity contribution in [1.82, 2.24) is 13.9 Å². The minimum atomic E-state index is -3.30. The predicted octanol–water partition coefficient (Wildman–Crippen LogP) is 1.67. The van der Waals surface area contributed by atoms with Crippen molar-refractivity contribution in [1.29, 1.82) is 0 Å². The van der Waals surface area contributed by atoms with Gasteiger partial charge in [-0.25, -0.2) is 4.72 Å². The van der Waals surface area contributed by atoms with Crippen molar-refractivity contribution in [2.45, 2.75) is 32.7 Å². The van der Waals surface area contributed by atoms with Gasteiger partial charge in [0.05, 0.1) is 0 Å². The molecule has 0 radical (unpaired) electrons. The Kier molecular flexibility index (Phi) is 5.19. The van der Waals surface area contributed by atoms with Crippen molar-refractivity contribution in [2.75, 3.05) is 32.7 Å². The molecule has 0 atom stereocenters. The van der Waals surface area contributed by atoms with Gasteiger partial charge in [0.15, 0.2) is 0 Å². The molecule has 124 valence electrons. The molecule has 3 heterocycles. The SMILES string of the molecule is CC1CCN(S(=O)(=O)NCCN2CCc3sccc3C2)CC1. The Labute approximate surface area is 137 Å². The van der Waals surface area contributed by atoms with Crippen LogP contribution < -0.4 is 4.72 Å². The van der Waals surface area contributed by atoms with Crippen LogP contribution in [0.2, 0.25) is 0 Å². The van der Waals surface area contributed by atoms with Crippen LogP contribution >= 0.6 is 11.3 Å². The molecule has 1 fully saturated rings. The molecule has 0 aromatic carbocycles. The summed E-state index contributed by atoms with van der Waals surface area (Å²) in [7, 11) is -3.30. The summed E-state index contributed by atoms with van der Waals surface area (Å²) in [5.41, 5.74) is 1.41. The van der Waals surface area contributed by atoms with E-state index in [0.717, 1.165) is 38.9 Å². The van der Waals surface area contributed by atoms with Crippen LogP contribution in [0.15, 0.2) is 11.4 Å². The molecule has 1 N–H and O–H groups in total. The fraction of sp³-hybridized carbons (Fsp3) is 0.733. The summed E-state index contributed by atoms with van der Waals surface area (Å²) in [6, 6.07) is 2.19. The molecule has 0 saturated carbocycles. The Balaban J connectivity index is 1.45. The van der Waals surface area contributed by atoms with Gasteiger partial charge in [0.2, 0.25) is 0 Å². The lowest BCUT2D eigenvalue weighted by molar-refractivity contribution is 0.257. The molecule has 1 saturated heterocycles. The summed E-state index contributed by atoms with van der Waals surface area (Å²) >= 11 is 1.83. The average Bonchev–Trinajstić information content (AvgIpc) is 2.95. The topological polar surface area (TPSA) is 52.7 Å². The molecule has 1 aromatic heterocycles. The summed E-state index contributed by atoms with van der Waals surface area (Å²) in [5.74, 6) is 0.639. The highest BCUT2D eigenvalue weighted by atomic mass is 32.2. The molecule has 2 aliphatic heterocycles. The van der Waals surface area contributed by atoms with Gasteiger partial charge in [0.25, 0.3) is 10.2 Å². The van der Waals surface area contributed by atoms with E-state index in [4.69, 9.17) is 0 Å². The first kappa shape index (κ1) is 16.4. The molecule has 1 aromatic rings. The number of nitrogens with one attached hydrogen (secondary N) is 1. The third kappa shape index (κ3) is 3.89. The van der Waals surface area contributed by atoms with E-state index in [1.54, 1.807) is 4.31 Å². The number of piperidine rings is 1. The van der Waals surface area contributed by atoms with Gasteiger partial charge in [-0.05, 0) is 42.2 Å². The minimum absolute atomic E-state index is 0.494. The molecule has 5 nitrogen and oxygen atoms in total. The summed E-state index contributed by atoms with van der Waals surface area (Å²) in [4.78, 5) is 3.81. The molecule has 3 rings (SSSR count). The predicted molar refractivity (Wildman–Crippen MR) is 90.2 cm³/mol. The van der Waals surface area contributed by atoms with Gasteiger partial charge < -0.3 is 0 Å². The van der Waals surface area contributed by atoms with Crippen LogP contribution in [0.1, 0.15) is 30.2 Å². The van der Waals surface area contributed by atoms with Crippen molar-refractivity contribution in [3.05, 3.63) is 21.9 Å². The number of fused-ring (bicyclic) bond motifs is 1. The van der Waals surface area contributed by atoms with Crippen molar-refractivity contribution >= 4 is 21.5 Å². The van der Waals surface area contributed by atoms with Gasteiger partial charge in [-0.2, -0.15) is 12.7 Å². The quantitative estimate of drug-likeness (QED) is 0.885. The lowest BCUT2D eigenvalue weighted by Crippen LogP contribution is -2.46. The van der Waals surface area contributed by atoms with E-state index >= 15 is 0 Å². The van der Waals surface area contributed by atoms with Crippen LogP contribution in [0.4, 0.5) is 0 Å². The van der Waals surface area contributed by atoms with Crippen LogP contribution in [0.3, 0.4) is 0 Å². The zero-order valence-corrected chi connectivity index (χ0v) is 14.8. The van der Waals surface area contributed by atoms with Crippen LogP contribution in [-0.4, -0.2) is 50.3 Å². The van der Waals surface area contributed by atoms with Crippen LogP contribution in [0.25, 0.3) is 0 Å². The summed E-state index contributed by atoms with van der Waals surface area (Å²) in [5, 5.41) is 2.15. The first-order chi connectivity index (χ1) is 10.5. The number of thiophene rings is 1. The van der Waals surface area contributed by atoms with Crippen LogP contribution in [-0.2, 0) is 23.2 Å². The molecule has 0 aliphatic carbocycles. The van der Waals surface area contributed by atoms with Gasteiger partial charge in [0.1, 0.15) is 0 Å². The van der Waals surface area contributed by atoms with E-state index < -0.39 is 10.2 Å². The highest BCUT2D eigenvalue weighted by molar-refractivity contribution is 7.87. The number of hydrogen-bond acceptors (Lipinski definition) is 4. The van der Waals surface area contributed by atoms with Crippen molar-refractivity contribution in [2.24, 2.45) is 5.92 Å². The van der Waals surface area contributed by atoms with E-state index in [-0.39, 0.29) is 0 Å². The summed E-state index contributed by atoms with van der Waals surface area (Å²) in [6.07, 6.45) is 3.02. The highest BCUT2D eigenvalue weighted by Crippen LogP contribution is 2.23. The monoisotopic (exact) mass is 343 g/mol. The van der Waals surface area contributed by atoms with Crippen LogP contribution in [0, 0.1) is 5.92 Å². The largest absolute Gasteiger partial charge is 0.297 e. The number of rotatable bonds is 5. The molecule has 7 heteroatoms. The Hall–Kier alpha value is -0.470. The van der Waals surface area contributed by atoms with Crippen molar-refractivity contribution in [3.8, 4) is 0 Å². The maximum atomic E-state index is 12.3. The maximum absolute atomic E-state index is 12.3. The Bertz CT molecular complexity index is 592. The lowest BCUT2D eigenvalue weighted by Gasteiger charge is -2.30. The van der Waals surface area contributed by atoms with Crippen molar-refractivity contribution < 1.29 is 8.42 Å². The fourth-order valence-electron chi connectivity index (χ4n) is 3.15. The summed E-state index contributed by atoms with van der Waals surface area (Å²) < 4.78 is 28.9. The van der Waals surface area contributed by atoms with Gasteiger partial charge in [-0.3, -0.25) is 4.90 Å². The third-order valence-corrected chi connectivity index (χ3v) is 7.32. The fourth-order valence-corrected chi connectivity index (χ4v) is 5.26. The molecule has 0 bridgehead atoms. The zero-order chi connectivity index (χ0) is 15.6. The smallest absolute Gasteiger partial charge is 0.279 e. The lowest BCUT2D eigenvalue weighted by atomic mass is 10.0. The number of nitrogens with zero attached hydrogens (tertiary/aromatic N) is 2. The second-order valence-corrected chi connectivity index (χ2v) is 9.13. The Morgan fingerprint density at radius 2 is 2.09 bits per heavy atom. The van der Waals surface area contributed by atoms with E-state index in [2.05, 4.69) is 28.0 Å². The molecular formula is C15H25N3O2S2. The molecular weight excluding hydrogens is 318 g/mol. The second kappa shape index (κ2) is 6.97. The van der Waals surface area contributed by atoms with Crippen LogP contribution in [0.5, 0.6) is 0 Å². The van der Waals surface area contributed by atoms with E-state index in [9.17, 15) is 8.42 Å². The standard InChI is InChI=1S/C15H25N3O2S2/c1-13-2-8-18(9-3-13)22(19,20)16-6-10-17-7-4-15-14(12-17)5-11-21-15/h5,11,13,16H,2-4,6-10,12H2,1H3. The molecule has 0 unspecified atom stereocenters. The third-order valence-electron chi connectivity index (χ3n) is 4.68. The molecule has 0 spiro atoms. The Morgan fingerprint density at radius 3 is 2.86 bits per heavy atom. The van der Waals surface area contributed by atoms with Crippen molar-refractivity contribution in [3.63, 3.8) is 0 Å². The van der Waals surface area contributed by atoms with Gasteiger partial charge in [-0.15, -0.1) is 11.3 Å². The van der Waals surface area contributed by atoms with Gasteiger partial charge in [-0.1, -0.05) is 6.92 Å². The van der Waals surface area contributed by atoms with Gasteiger partial charge in [0, 0.05) is 44.1 Å². The maximum Gasteiger partial charge on any atom is 0.279 e. The molecule has 22 heavy (non-hydrogen) atoms. The Morgan fingerprint density at radius 1 is 1.32 bits per heavy atom. The first-order valence-electron chi connectivity index (χ1n) is 8.07. The minimum Gasteiger partial charge on any atom is -0.297 e. The van der Waals surface area contributed by atoms with E-state index in [1.165, 1.54) is 10.4 Å². The highest BCUT2D eigenvalue weighted by Gasteiger charge is 2.26. The molecule has 0 amide bonds. The molecule has 2 aliphatic rings. The van der Waals surface area contributed by atoms with E-state index in [1.807, 2.05) is 11.3 Å². The van der Waals surface area contributed by atoms with Gasteiger partial charge >= 0.3 is 0 Å². The average molecular weight is 344 g/mol. The second-order valence-electron chi connectivity index (χ2n) is 6.38. The van der Waals surface area contributed by atoms with E-state index in [0.29, 0.717) is 25.6 Å². The number of hydrogen-bond donors (Lipinski definition) is 1. The normalized spacial score (nSPS) is 21.9.